The summed E-state index contributed by atoms with van der Waals surface area (Å²) in [7, 11) is 0.422. The van der Waals surface area contributed by atoms with E-state index in [4.69, 9.17) is 9.90 Å². The van der Waals surface area contributed by atoms with Crippen LogP contribution in [0.4, 0.5) is 0 Å². The smallest absolute Gasteiger partial charge is 0.135 e. The number of hydrogen-bond donors (Lipinski definition) is 0. The van der Waals surface area contributed by atoms with Gasteiger partial charge in [0.15, 0.2) is 0 Å². The largest absolute Gasteiger partial charge is 0.550 e. The number of carboxylic acid groups (broad SMARTS) is 1. The molecule has 0 aliphatic carbocycles. The molecule has 0 saturated carbocycles. The van der Waals surface area contributed by atoms with Gasteiger partial charge in [0.25, 0.3) is 0 Å². The van der Waals surface area contributed by atoms with Crippen LogP contribution >= 0.6 is 7.92 Å². The van der Waals surface area contributed by atoms with Crippen molar-refractivity contribution < 1.29 is 9.90 Å². The number of carbonyl (C=O) groups excluding carboxylic acids is 1. The fraction of sp³-hybridized carbons (Fsp3) is 0.929. The summed E-state index contributed by atoms with van der Waals surface area (Å²) in [5, 5.41) is 8.89. The molecule has 0 unspecified atom stereocenters. The maximum atomic E-state index is 8.89. The Morgan fingerprint density at radius 2 is 1.12 bits per heavy atom. The number of rotatable bonds is 9. The first-order valence-corrected chi connectivity index (χ1v) is 8.88. The van der Waals surface area contributed by atoms with Gasteiger partial charge in [-0.1, -0.05) is 40.0 Å². The van der Waals surface area contributed by atoms with Crippen molar-refractivity contribution >= 4 is 13.9 Å². The van der Waals surface area contributed by atoms with Crippen LogP contribution in [0.25, 0.3) is 0 Å². The molecule has 1 radical (unpaired) electrons. The van der Waals surface area contributed by atoms with Crippen LogP contribution in [0.3, 0.4) is 0 Å². The van der Waals surface area contributed by atoms with E-state index in [1.54, 1.807) is 18.5 Å². The standard InChI is InChI=1S/C12H27P.C2H4O2/c1-4-7-10-13(11-8-5-2)12-9-6-3;1-2(3)4/h4-12H2,1-3H3;1H3,(H,3,4)/q+1;/p-1. The minimum atomic E-state index is -1.08. The average Bonchev–Trinajstić information content (AvgIpc) is 2.27. The minimum absolute atomic E-state index is 0.422. The predicted molar refractivity (Wildman–Crippen MR) is 76.9 cm³/mol. The monoisotopic (exact) mass is 261 g/mol. The van der Waals surface area contributed by atoms with Crippen molar-refractivity contribution in [1.82, 2.24) is 0 Å². The predicted octanol–water partition coefficient (Wildman–Crippen LogP) is 3.62. The van der Waals surface area contributed by atoms with Crippen molar-refractivity contribution in [2.75, 3.05) is 18.5 Å². The topological polar surface area (TPSA) is 40.1 Å². The molecule has 2 nitrogen and oxygen atoms in total. The lowest BCUT2D eigenvalue weighted by Gasteiger charge is -2.04. The van der Waals surface area contributed by atoms with Crippen molar-refractivity contribution in [3.63, 3.8) is 0 Å². The first-order valence-electron chi connectivity index (χ1n) is 6.98. The Hall–Kier alpha value is -0.100. The second-order valence-corrected chi connectivity index (χ2v) is 7.08. The maximum absolute atomic E-state index is 8.89. The normalized spacial score (nSPS) is 9.94. The molecular weight excluding hydrogens is 231 g/mol. The first-order chi connectivity index (χ1) is 8.08. The Morgan fingerprint density at radius 1 is 0.882 bits per heavy atom. The van der Waals surface area contributed by atoms with Gasteiger partial charge >= 0.3 is 0 Å². The molecule has 0 aliphatic heterocycles. The second-order valence-electron chi connectivity index (χ2n) is 4.39. The Bertz CT molecular complexity index is 137. The third-order valence-corrected chi connectivity index (χ3v) is 5.33. The van der Waals surface area contributed by atoms with Crippen molar-refractivity contribution in [3.05, 3.63) is 0 Å². The van der Waals surface area contributed by atoms with Gasteiger partial charge in [-0.3, -0.25) is 0 Å². The van der Waals surface area contributed by atoms with Crippen LogP contribution in [0.2, 0.25) is 0 Å². The van der Waals surface area contributed by atoms with E-state index in [-0.39, 0.29) is 0 Å². The summed E-state index contributed by atoms with van der Waals surface area (Å²) in [4.78, 5) is 8.89. The molecule has 0 N–H and O–H groups in total. The van der Waals surface area contributed by atoms with E-state index in [0.717, 1.165) is 6.92 Å². The van der Waals surface area contributed by atoms with Crippen molar-refractivity contribution in [2.45, 2.75) is 66.2 Å². The van der Waals surface area contributed by atoms with Crippen LogP contribution in [-0.2, 0) is 4.79 Å². The molecule has 0 spiro atoms. The molecule has 0 fully saturated rings. The van der Waals surface area contributed by atoms with Gasteiger partial charge in [-0.15, -0.1) is 0 Å². The minimum Gasteiger partial charge on any atom is -0.550 e. The molecule has 103 valence electrons. The zero-order valence-corrected chi connectivity index (χ0v) is 13.0. The highest BCUT2D eigenvalue weighted by Gasteiger charge is 2.18. The zero-order chi connectivity index (χ0) is 13.5. The molecular formula is C14H30O2P. The average molecular weight is 261 g/mol. The van der Waals surface area contributed by atoms with E-state index >= 15 is 0 Å². The van der Waals surface area contributed by atoms with Crippen molar-refractivity contribution in [1.29, 1.82) is 0 Å². The molecule has 0 aromatic carbocycles. The van der Waals surface area contributed by atoms with E-state index < -0.39 is 5.97 Å². The Morgan fingerprint density at radius 3 is 1.29 bits per heavy atom. The van der Waals surface area contributed by atoms with Gasteiger partial charge in [0.1, 0.15) is 7.92 Å². The van der Waals surface area contributed by atoms with Gasteiger partial charge in [0.05, 0.1) is 18.5 Å². The molecule has 17 heavy (non-hydrogen) atoms. The van der Waals surface area contributed by atoms with Crippen LogP contribution in [0.15, 0.2) is 0 Å². The summed E-state index contributed by atoms with van der Waals surface area (Å²) in [6, 6.07) is 0. The molecule has 0 aromatic heterocycles. The number of hydrogen-bond acceptors (Lipinski definition) is 2. The molecule has 0 saturated heterocycles. The summed E-state index contributed by atoms with van der Waals surface area (Å²) in [6.07, 6.45) is 13.2. The number of carbonyl (C=O) groups is 1. The van der Waals surface area contributed by atoms with Gasteiger partial charge in [0.2, 0.25) is 0 Å². The van der Waals surface area contributed by atoms with Gasteiger partial charge in [0, 0.05) is 5.97 Å². The second kappa shape index (κ2) is 15.9. The molecule has 0 bridgehead atoms. The fourth-order valence-electron chi connectivity index (χ4n) is 1.48. The van der Waals surface area contributed by atoms with Crippen LogP contribution in [0, 0.1) is 0 Å². The summed E-state index contributed by atoms with van der Waals surface area (Å²) in [5.74, 6) is -1.08. The summed E-state index contributed by atoms with van der Waals surface area (Å²) in [6.45, 7) is 7.91. The Labute approximate surface area is 109 Å². The highest BCUT2D eigenvalue weighted by Crippen LogP contribution is 2.38. The van der Waals surface area contributed by atoms with E-state index in [1.165, 1.54) is 38.5 Å². The van der Waals surface area contributed by atoms with Gasteiger partial charge in [-0.05, 0) is 26.2 Å². The zero-order valence-electron chi connectivity index (χ0n) is 12.1. The van der Waals surface area contributed by atoms with E-state index in [0.29, 0.717) is 7.92 Å². The lowest BCUT2D eigenvalue weighted by Crippen LogP contribution is -2.16. The van der Waals surface area contributed by atoms with E-state index in [9.17, 15) is 0 Å². The van der Waals surface area contributed by atoms with Crippen LogP contribution in [0.5, 0.6) is 0 Å². The SMILES string of the molecule is CC(=O)[O-].CCCC[P+](CCCC)CCCC. The lowest BCUT2D eigenvalue weighted by atomic mass is 10.4. The first kappa shape index (κ1) is 19.2. The molecule has 0 atom stereocenters. The fourth-order valence-corrected chi connectivity index (χ4v) is 4.44. The molecule has 0 aromatic rings. The highest BCUT2D eigenvalue weighted by molar-refractivity contribution is 7.57. The summed E-state index contributed by atoms with van der Waals surface area (Å²) >= 11 is 0. The Balaban J connectivity index is 0. The number of aliphatic carboxylic acids is 1. The van der Waals surface area contributed by atoms with Gasteiger partial charge in [-0.2, -0.15) is 0 Å². The highest BCUT2D eigenvalue weighted by atomic mass is 31.1. The van der Waals surface area contributed by atoms with Gasteiger partial charge in [-0.25, -0.2) is 0 Å². The lowest BCUT2D eigenvalue weighted by molar-refractivity contribution is -0.302. The van der Waals surface area contributed by atoms with Crippen LogP contribution < -0.4 is 5.11 Å². The van der Waals surface area contributed by atoms with Gasteiger partial charge < -0.3 is 9.90 Å². The molecule has 0 amide bonds. The van der Waals surface area contributed by atoms with Crippen LogP contribution in [0.1, 0.15) is 66.2 Å². The molecule has 3 heteroatoms. The number of unbranched alkanes of at least 4 members (excludes halogenated alkanes) is 3. The molecule has 0 aliphatic rings. The maximum Gasteiger partial charge on any atom is 0.135 e. The van der Waals surface area contributed by atoms with Crippen LogP contribution in [-0.4, -0.2) is 24.5 Å². The van der Waals surface area contributed by atoms with Crippen molar-refractivity contribution in [2.24, 2.45) is 0 Å². The molecule has 0 rings (SSSR count). The quantitative estimate of drug-likeness (QED) is 0.595. The summed E-state index contributed by atoms with van der Waals surface area (Å²) in [5.41, 5.74) is 0. The van der Waals surface area contributed by atoms with E-state index in [2.05, 4.69) is 20.8 Å². The third-order valence-electron chi connectivity index (χ3n) is 2.48. The van der Waals surface area contributed by atoms with Crippen molar-refractivity contribution in [3.8, 4) is 0 Å². The Kier molecular flexibility index (Phi) is 18.0. The third kappa shape index (κ3) is 21.7. The molecule has 0 heterocycles. The van der Waals surface area contributed by atoms with E-state index in [1.807, 2.05) is 0 Å². The number of carboxylic acids is 1. The summed E-state index contributed by atoms with van der Waals surface area (Å²) < 4.78 is 0.